The van der Waals surface area contributed by atoms with Gasteiger partial charge in [0.15, 0.2) is 6.29 Å². The van der Waals surface area contributed by atoms with Gasteiger partial charge in [-0.05, 0) is 56.8 Å². The predicted molar refractivity (Wildman–Crippen MR) is 89.0 cm³/mol. The number of allylic oxidation sites excluding steroid dienone is 1. The molecule has 0 bridgehead atoms. The van der Waals surface area contributed by atoms with Crippen molar-refractivity contribution < 1.29 is 24.1 Å². The van der Waals surface area contributed by atoms with Crippen LogP contribution >= 0.6 is 0 Å². The molecule has 0 amide bonds. The molecule has 5 heteroatoms. The monoisotopic (exact) mass is 326 g/mol. The summed E-state index contributed by atoms with van der Waals surface area (Å²) in [6, 6.07) is 0. The Hall–Kier alpha value is -1.17. The zero-order chi connectivity index (χ0) is 17.3. The maximum atomic E-state index is 10.7. The number of rotatable bonds is 11. The van der Waals surface area contributed by atoms with Crippen LogP contribution in [0.15, 0.2) is 24.3 Å². The summed E-state index contributed by atoms with van der Waals surface area (Å²) in [5.74, 6) is -1.05. The van der Waals surface area contributed by atoms with Gasteiger partial charge in [0.25, 0.3) is 0 Å². The average molecular weight is 326 g/mol. The fourth-order valence-corrected chi connectivity index (χ4v) is 2.55. The molecule has 1 N–H and O–H groups in total. The molecule has 1 heterocycles. The Morgan fingerprint density at radius 1 is 1.35 bits per heavy atom. The number of carbonyl (C=O) groups is 1. The summed E-state index contributed by atoms with van der Waals surface area (Å²) in [4.78, 5) is 10.7. The van der Waals surface area contributed by atoms with Crippen LogP contribution in [0.2, 0.25) is 0 Å². The first-order valence-electron chi connectivity index (χ1n) is 8.44. The second-order valence-corrected chi connectivity index (χ2v) is 5.99. The summed E-state index contributed by atoms with van der Waals surface area (Å²) in [7, 11) is 0. The van der Waals surface area contributed by atoms with Gasteiger partial charge < -0.3 is 19.3 Å². The minimum Gasteiger partial charge on any atom is -0.481 e. The van der Waals surface area contributed by atoms with E-state index in [1.165, 1.54) is 0 Å². The van der Waals surface area contributed by atoms with Gasteiger partial charge in [-0.15, -0.1) is 0 Å². The van der Waals surface area contributed by atoms with Crippen molar-refractivity contribution in [2.75, 3.05) is 13.2 Å². The van der Waals surface area contributed by atoms with Crippen LogP contribution in [0.1, 0.15) is 47.0 Å². The quantitative estimate of drug-likeness (QED) is 0.586. The fourth-order valence-electron chi connectivity index (χ4n) is 2.55. The molecule has 1 rings (SSSR count). The minimum atomic E-state index is -0.843. The summed E-state index contributed by atoms with van der Waals surface area (Å²) < 4.78 is 17.0. The largest absolute Gasteiger partial charge is 0.481 e. The highest BCUT2D eigenvalue weighted by molar-refractivity contribution is 5.66. The van der Waals surface area contributed by atoms with Crippen molar-refractivity contribution in [2.24, 2.45) is 11.8 Å². The van der Waals surface area contributed by atoms with Crippen LogP contribution in [0.4, 0.5) is 0 Å². The number of carboxylic acids is 1. The molecule has 0 aromatic heterocycles. The highest BCUT2D eigenvalue weighted by Gasteiger charge is 2.34. The summed E-state index contributed by atoms with van der Waals surface area (Å²) in [5, 5.41) is 8.84. The van der Waals surface area contributed by atoms with E-state index in [0.29, 0.717) is 19.1 Å². The summed E-state index contributed by atoms with van der Waals surface area (Å²) in [5.41, 5.74) is 0. The third-order valence-electron chi connectivity index (χ3n) is 4.09. The topological polar surface area (TPSA) is 65.0 Å². The average Bonchev–Trinajstić information content (AvgIpc) is 2.87. The molecule has 5 nitrogen and oxygen atoms in total. The Morgan fingerprint density at radius 2 is 2.09 bits per heavy atom. The van der Waals surface area contributed by atoms with Crippen LogP contribution in [0.3, 0.4) is 0 Å². The lowest BCUT2D eigenvalue weighted by Gasteiger charge is -2.25. The minimum absolute atomic E-state index is 0.173. The third kappa shape index (κ3) is 6.85. The molecule has 1 aliphatic rings. The molecule has 4 atom stereocenters. The Bertz CT molecular complexity index is 418. The fraction of sp³-hybridized carbons (Fsp3) is 0.722. The van der Waals surface area contributed by atoms with Gasteiger partial charge in [-0.25, -0.2) is 0 Å². The molecule has 0 aliphatic carbocycles. The van der Waals surface area contributed by atoms with Crippen LogP contribution in [0, 0.1) is 11.8 Å². The van der Waals surface area contributed by atoms with E-state index in [-0.39, 0.29) is 18.6 Å². The highest BCUT2D eigenvalue weighted by Crippen LogP contribution is 2.28. The maximum absolute atomic E-state index is 10.7. The lowest BCUT2D eigenvalue weighted by Crippen LogP contribution is -2.31. The van der Waals surface area contributed by atoms with E-state index < -0.39 is 11.8 Å². The normalized spacial score (nSPS) is 26.7. The smallest absolute Gasteiger partial charge is 0.303 e. The van der Waals surface area contributed by atoms with Crippen molar-refractivity contribution in [3.63, 3.8) is 0 Å². The van der Waals surface area contributed by atoms with Crippen molar-refractivity contribution >= 4 is 5.97 Å². The first-order chi connectivity index (χ1) is 10.9. The maximum Gasteiger partial charge on any atom is 0.303 e. The number of aliphatic carboxylic acids is 1. The van der Waals surface area contributed by atoms with E-state index in [0.717, 1.165) is 12.8 Å². The second-order valence-electron chi connectivity index (χ2n) is 5.99. The molecule has 0 saturated heterocycles. The highest BCUT2D eigenvalue weighted by atomic mass is 16.8. The molecule has 0 spiro atoms. The van der Waals surface area contributed by atoms with E-state index in [1.54, 1.807) is 0 Å². The van der Waals surface area contributed by atoms with Crippen molar-refractivity contribution in [1.82, 2.24) is 0 Å². The summed E-state index contributed by atoms with van der Waals surface area (Å²) in [6.07, 6.45) is 9.34. The van der Waals surface area contributed by atoms with Gasteiger partial charge >= 0.3 is 5.97 Å². The van der Waals surface area contributed by atoms with Crippen LogP contribution in [-0.4, -0.2) is 36.4 Å². The Labute approximate surface area is 139 Å². The van der Waals surface area contributed by atoms with E-state index in [9.17, 15) is 4.79 Å². The van der Waals surface area contributed by atoms with Crippen molar-refractivity contribution in [3.05, 3.63) is 24.3 Å². The molecule has 0 radical (unpaired) electrons. The van der Waals surface area contributed by atoms with Crippen LogP contribution in [0.25, 0.3) is 0 Å². The zero-order valence-corrected chi connectivity index (χ0v) is 14.7. The molecule has 0 aromatic rings. The van der Waals surface area contributed by atoms with Gasteiger partial charge in [-0.3, -0.25) is 4.79 Å². The van der Waals surface area contributed by atoms with Crippen molar-refractivity contribution in [2.45, 2.75) is 59.0 Å². The Kier molecular flexibility index (Phi) is 8.52. The summed E-state index contributed by atoms with van der Waals surface area (Å²) >= 11 is 0. The standard InChI is InChI=1S/C18H30O5/c1-5-21-17-10-12-18(23-17,22-6-2)11-8-7-9-14(3)15(4)13-16(19)20/h8,10-12,14-15,17H,5-7,9,13H2,1-4H3,(H,19,20)/b11-8-. The SMILES string of the molecule is CCOC1C=CC(/C=C\CCC(C)C(C)CC(=O)O)(OCC)O1. The van der Waals surface area contributed by atoms with E-state index in [4.69, 9.17) is 19.3 Å². The number of ether oxygens (including phenoxy) is 3. The van der Waals surface area contributed by atoms with Gasteiger partial charge in [0.2, 0.25) is 5.79 Å². The van der Waals surface area contributed by atoms with Crippen LogP contribution < -0.4 is 0 Å². The second kappa shape index (κ2) is 9.85. The molecule has 0 aromatic carbocycles. The van der Waals surface area contributed by atoms with Gasteiger partial charge in [-0.1, -0.05) is 19.9 Å². The summed E-state index contributed by atoms with van der Waals surface area (Å²) in [6.45, 7) is 9.06. The first-order valence-corrected chi connectivity index (χ1v) is 8.44. The van der Waals surface area contributed by atoms with Gasteiger partial charge in [0.05, 0.1) is 0 Å². The number of hydrogen-bond acceptors (Lipinski definition) is 4. The molecule has 4 unspecified atom stereocenters. The molecule has 0 saturated carbocycles. The molecule has 1 aliphatic heterocycles. The first kappa shape index (κ1) is 19.9. The third-order valence-corrected chi connectivity index (χ3v) is 4.09. The Balaban J connectivity index is 2.47. The number of hydrogen-bond donors (Lipinski definition) is 1. The predicted octanol–water partition coefficient (Wildman–Crippen LogP) is 3.75. The van der Waals surface area contributed by atoms with Crippen LogP contribution in [0.5, 0.6) is 0 Å². The van der Waals surface area contributed by atoms with E-state index in [1.807, 2.05) is 45.1 Å². The van der Waals surface area contributed by atoms with E-state index in [2.05, 4.69) is 6.92 Å². The van der Waals surface area contributed by atoms with Crippen molar-refractivity contribution in [1.29, 1.82) is 0 Å². The van der Waals surface area contributed by atoms with Crippen LogP contribution in [-0.2, 0) is 19.0 Å². The Morgan fingerprint density at radius 3 is 2.70 bits per heavy atom. The van der Waals surface area contributed by atoms with Gasteiger partial charge in [0, 0.05) is 19.6 Å². The molecule has 23 heavy (non-hydrogen) atoms. The molecular formula is C18H30O5. The zero-order valence-electron chi connectivity index (χ0n) is 14.7. The lowest BCUT2D eigenvalue weighted by atomic mass is 9.89. The van der Waals surface area contributed by atoms with Gasteiger partial charge in [-0.2, -0.15) is 0 Å². The molecule has 132 valence electrons. The van der Waals surface area contributed by atoms with Crippen molar-refractivity contribution in [3.8, 4) is 0 Å². The lowest BCUT2D eigenvalue weighted by molar-refractivity contribution is -0.231. The molecule has 0 fully saturated rings. The van der Waals surface area contributed by atoms with E-state index >= 15 is 0 Å². The molecular weight excluding hydrogens is 296 g/mol. The number of carboxylic acid groups (broad SMARTS) is 1. The van der Waals surface area contributed by atoms with Gasteiger partial charge in [0.1, 0.15) is 0 Å².